The van der Waals surface area contributed by atoms with Gasteiger partial charge in [-0.2, -0.15) is 0 Å². The number of rotatable bonds is 4. The zero-order valence-corrected chi connectivity index (χ0v) is 17.8. The summed E-state index contributed by atoms with van der Waals surface area (Å²) in [5.74, 6) is -0.157. The van der Waals surface area contributed by atoms with Gasteiger partial charge in [0.25, 0.3) is 5.91 Å². The van der Waals surface area contributed by atoms with E-state index in [-0.39, 0.29) is 5.91 Å². The number of para-hydroxylation sites is 1. The third-order valence-corrected chi connectivity index (χ3v) is 6.07. The number of hydrogen-bond acceptors (Lipinski definition) is 3. The number of nitrogens with zero attached hydrogens (tertiary/aromatic N) is 1. The van der Waals surface area contributed by atoms with Crippen LogP contribution in [0.25, 0.3) is 22.2 Å². The van der Waals surface area contributed by atoms with Crippen LogP contribution in [0, 0.1) is 0 Å². The predicted molar refractivity (Wildman–Crippen MR) is 121 cm³/mol. The summed E-state index contributed by atoms with van der Waals surface area (Å²) in [6.45, 7) is 0. The molecule has 0 aliphatic carbocycles. The first-order chi connectivity index (χ1) is 14.1. The Morgan fingerprint density at radius 2 is 1.52 bits per heavy atom. The molecule has 3 nitrogen and oxygen atoms in total. The van der Waals surface area contributed by atoms with E-state index in [1.807, 2.05) is 72.8 Å². The van der Waals surface area contributed by atoms with Crippen LogP contribution in [0.1, 0.15) is 10.4 Å². The lowest BCUT2D eigenvalue weighted by atomic mass is 10.0. The van der Waals surface area contributed by atoms with E-state index in [2.05, 4.69) is 5.32 Å². The van der Waals surface area contributed by atoms with Gasteiger partial charge in [0.1, 0.15) is 0 Å². The SMILES string of the molecule is CNC(=O)c1c(Sc2ccc(Cl)cc2)c(-c2ccc(Cl)cc2)nc2ccccc12. The summed E-state index contributed by atoms with van der Waals surface area (Å²) in [5, 5.41) is 4.89. The number of benzene rings is 3. The Bertz CT molecular complexity index is 1190. The lowest BCUT2D eigenvalue weighted by Gasteiger charge is -2.16. The van der Waals surface area contributed by atoms with Crippen molar-refractivity contribution in [3.8, 4) is 11.3 Å². The second kappa shape index (κ2) is 8.46. The maximum Gasteiger partial charge on any atom is 0.252 e. The van der Waals surface area contributed by atoms with Crippen molar-refractivity contribution in [3.05, 3.63) is 88.4 Å². The van der Waals surface area contributed by atoms with Crippen molar-refractivity contribution >= 4 is 51.8 Å². The van der Waals surface area contributed by atoms with Crippen LogP contribution in [0.3, 0.4) is 0 Å². The molecule has 0 radical (unpaired) electrons. The van der Waals surface area contributed by atoms with Crippen LogP contribution >= 0.6 is 35.0 Å². The molecule has 4 aromatic rings. The largest absolute Gasteiger partial charge is 0.355 e. The first-order valence-corrected chi connectivity index (χ1v) is 10.5. The second-order valence-electron chi connectivity index (χ2n) is 6.32. The van der Waals surface area contributed by atoms with Gasteiger partial charge in [-0.25, -0.2) is 4.98 Å². The normalized spacial score (nSPS) is 10.9. The Morgan fingerprint density at radius 1 is 0.897 bits per heavy atom. The molecule has 1 heterocycles. The minimum atomic E-state index is -0.157. The fourth-order valence-corrected chi connectivity index (χ4v) is 4.39. The van der Waals surface area contributed by atoms with Crippen LogP contribution in [0.15, 0.2) is 82.6 Å². The number of aromatic nitrogens is 1. The average Bonchev–Trinajstić information content (AvgIpc) is 2.75. The maximum atomic E-state index is 12.9. The first-order valence-electron chi connectivity index (χ1n) is 8.91. The molecular weight excluding hydrogens is 423 g/mol. The van der Waals surface area contributed by atoms with E-state index in [0.29, 0.717) is 15.6 Å². The van der Waals surface area contributed by atoms with Crippen molar-refractivity contribution in [2.75, 3.05) is 7.05 Å². The average molecular weight is 439 g/mol. The topological polar surface area (TPSA) is 42.0 Å². The number of nitrogens with one attached hydrogen (secondary N) is 1. The van der Waals surface area contributed by atoms with E-state index < -0.39 is 0 Å². The minimum Gasteiger partial charge on any atom is -0.355 e. The third kappa shape index (κ3) is 4.10. The van der Waals surface area contributed by atoms with Gasteiger partial charge in [0, 0.05) is 32.9 Å². The van der Waals surface area contributed by atoms with Gasteiger partial charge in [-0.05, 0) is 42.5 Å². The highest BCUT2D eigenvalue weighted by Gasteiger charge is 2.22. The van der Waals surface area contributed by atoms with Crippen LogP contribution in [0.5, 0.6) is 0 Å². The zero-order chi connectivity index (χ0) is 20.4. The van der Waals surface area contributed by atoms with Crippen LogP contribution in [0.4, 0.5) is 0 Å². The fraction of sp³-hybridized carbons (Fsp3) is 0.0435. The van der Waals surface area contributed by atoms with E-state index >= 15 is 0 Å². The molecule has 0 unspecified atom stereocenters. The van der Waals surface area contributed by atoms with Gasteiger partial charge in [0.15, 0.2) is 0 Å². The highest BCUT2D eigenvalue weighted by atomic mass is 35.5. The number of pyridine rings is 1. The highest BCUT2D eigenvalue weighted by molar-refractivity contribution is 7.99. The summed E-state index contributed by atoms with van der Waals surface area (Å²) in [6, 6.07) is 22.7. The van der Waals surface area contributed by atoms with Crippen molar-refractivity contribution in [1.29, 1.82) is 0 Å². The van der Waals surface area contributed by atoms with Gasteiger partial charge in [0.05, 0.1) is 21.7 Å². The standard InChI is InChI=1S/C23H16Cl2N2OS/c1-26-23(28)20-18-4-2-3-5-19(18)27-21(14-6-8-15(24)9-7-14)22(20)29-17-12-10-16(25)11-13-17/h2-13H,1H3,(H,26,28). The van der Waals surface area contributed by atoms with Crippen LogP contribution < -0.4 is 5.32 Å². The smallest absolute Gasteiger partial charge is 0.252 e. The summed E-state index contributed by atoms with van der Waals surface area (Å²) in [5.41, 5.74) is 2.99. The summed E-state index contributed by atoms with van der Waals surface area (Å²) in [4.78, 5) is 19.6. The number of carbonyl (C=O) groups is 1. The Kier molecular flexibility index (Phi) is 5.76. The van der Waals surface area contributed by atoms with Crippen LogP contribution in [-0.2, 0) is 0 Å². The predicted octanol–water partition coefficient (Wildman–Crippen LogP) is 6.72. The number of hydrogen-bond donors (Lipinski definition) is 1. The first kappa shape index (κ1) is 19.8. The van der Waals surface area contributed by atoms with E-state index in [9.17, 15) is 4.79 Å². The Morgan fingerprint density at radius 3 is 2.17 bits per heavy atom. The molecule has 4 rings (SSSR count). The van der Waals surface area contributed by atoms with Gasteiger partial charge >= 0.3 is 0 Å². The molecule has 1 aromatic heterocycles. The van der Waals surface area contributed by atoms with Crippen molar-refractivity contribution in [3.63, 3.8) is 0 Å². The molecule has 0 saturated heterocycles. The molecule has 1 amide bonds. The van der Waals surface area contributed by atoms with E-state index in [4.69, 9.17) is 28.2 Å². The number of carbonyl (C=O) groups excluding carboxylic acids is 1. The molecule has 1 N–H and O–H groups in total. The molecule has 3 aromatic carbocycles. The molecule has 0 saturated carbocycles. The molecule has 144 valence electrons. The van der Waals surface area contributed by atoms with Crippen molar-refractivity contribution in [1.82, 2.24) is 10.3 Å². The lowest BCUT2D eigenvalue weighted by molar-refractivity contribution is 0.0962. The van der Waals surface area contributed by atoms with Gasteiger partial charge in [-0.3, -0.25) is 4.79 Å². The van der Waals surface area contributed by atoms with Gasteiger partial charge in [0.2, 0.25) is 0 Å². The molecular formula is C23H16Cl2N2OS. The minimum absolute atomic E-state index is 0.157. The molecule has 0 spiro atoms. The third-order valence-electron chi connectivity index (χ3n) is 4.45. The van der Waals surface area contributed by atoms with Gasteiger partial charge in [-0.1, -0.05) is 65.3 Å². The zero-order valence-electron chi connectivity index (χ0n) is 15.4. The van der Waals surface area contributed by atoms with Crippen molar-refractivity contribution < 1.29 is 4.79 Å². The summed E-state index contributed by atoms with van der Waals surface area (Å²) in [6.07, 6.45) is 0. The van der Waals surface area contributed by atoms with E-state index in [1.54, 1.807) is 7.05 Å². The lowest BCUT2D eigenvalue weighted by Crippen LogP contribution is -2.20. The fourth-order valence-electron chi connectivity index (χ4n) is 3.07. The molecule has 0 aliphatic heterocycles. The monoisotopic (exact) mass is 438 g/mol. The molecule has 0 fully saturated rings. The molecule has 0 bridgehead atoms. The molecule has 6 heteroatoms. The number of fused-ring (bicyclic) bond motifs is 1. The van der Waals surface area contributed by atoms with Crippen LogP contribution in [0.2, 0.25) is 10.0 Å². The van der Waals surface area contributed by atoms with Gasteiger partial charge in [-0.15, -0.1) is 0 Å². The molecule has 29 heavy (non-hydrogen) atoms. The molecule has 0 atom stereocenters. The number of amides is 1. The summed E-state index contributed by atoms with van der Waals surface area (Å²) in [7, 11) is 1.64. The van der Waals surface area contributed by atoms with E-state index in [1.165, 1.54) is 11.8 Å². The highest BCUT2D eigenvalue weighted by Crippen LogP contribution is 2.41. The Hall–Kier alpha value is -2.53. The van der Waals surface area contributed by atoms with E-state index in [0.717, 1.165) is 32.0 Å². The quantitative estimate of drug-likeness (QED) is 0.384. The Labute approximate surface area is 183 Å². The van der Waals surface area contributed by atoms with Crippen molar-refractivity contribution in [2.45, 2.75) is 9.79 Å². The Balaban J connectivity index is 2.02. The summed E-state index contributed by atoms with van der Waals surface area (Å²) < 4.78 is 0. The van der Waals surface area contributed by atoms with Crippen molar-refractivity contribution in [2.24, 2.45) is 0 Å². The van der Waals surface area contributed by atoms with Crippen LogP contribution in [-0.4, -0.2) is 17.9 Å². The molecule has 0 aliphatic rings. The summed E-state index contributed by atoms with van der Waals surface area (Å²) >= 11 is 13.6. The van der Waals surface area contributed by atoms with Gasteiger partial charge < -0.3 is 5.32 Å². The maximum absolute atomic E-state index is 12.9. The number of halogens is 2. The second-order valence-corrected chi connectivity index (χ2v) is 8.28.